The molecule has 0 bridgehead atoms. The van der Waals surface area contributed by atoms with Crippen molar-refractivity contribution in [3.63, 3.8) is 0 Å². The van der Waals surface area contributed by atoms with Crippen LogP contribution in [-0.2, 0) is 0 Å². The Kier molecular flexibility index (Phi) is 2.19. The third kappa shape index (κ3) is 1.76. The van der Waals surface area contributed by atoms with Gasteiger partial charge in [0.1, 0.15) is 5.75 Å². The van der Waals surface area contributed by atoms with Gasteiger partial charge in [-0.3, -0.25) is 9.59 Å². The van der Waals surface area contributed by atoms with Crippen LogP contribution < -0.4 is 11.5 Å². The fourth-order valence-electron chi connectivity index (χ4n) is 0.893. The van der Waals surface area contributed by atoms with E-state index in [0.717, 1.165) is 6.07 Å². The van der Waals surface area contributed by atoms with Crippen molar-refractivity contribution in [3.05, 3.63) is 29.3 Å². The lowest BCUT2D eigenvalue weighted by molar-refractivity contribution is 0.0986. The summed E-state index contributed by atoms with van der Waals surface area (Å²) in [5, 5.41) is 9.20. The zero-order valence-corrected chi connectivity index (χ0v) is 6.65. The van der Waals surface area contributed by atoms with Gasteiger partial charge in [-0.05, 0) is 18.2 Å². The van der Waals surface area contributed by atoms with E-state index in [4.69, 9.17) is 11.5 Å². The fourth-order valence-corrected chi connectivity index (χ4v) is 0.893. The predicted octanol–water partition coefficient (Wildman–Crippen LogP) is -0.410. The first-order valence-corrected chi connectivity index (χ1v) is 3.45. The van der Waals surface area contributed by atoms with Crippen LogP contribution in [0, 0.1) is 0 Å². The van der Waals surface area contributed by atoms with Gasteiger partial charge in [-0.15, -0.1) is 0 Å². The molecule has 0 aromatic heterocycles. The number of benzene rings is 1. The van der Waals surface area contributed by atoms with Crippen LogP contribution in [0.4, 0.5) is 0 Å². The van der Waals surface area contributed by atoms with Gasteiger partial charge >= 0.3 is 0 Å². The Balaban J connectivity index is 3.20. The van der Waals surface area contributed by atoms with Crippen molar-refractivity contribution >= 4 is 11.8 Å². The molecular formula is C8H8N2O3. The number of hydrogen-bond acceptors (Lipinski definition) is 3. The molecule has 0 spiro atoms. The largest absolute Gasteiger partial charge is 0.507 e. The minimum atomic E-state index is -0.756. The molecule has 0 saturated heterocycles. The molecule has 0 aliphatic carbocycles. The van der Waals surface area contributed by atoms with Gasteiger partial charge < -0.3 is 16.6 Å². The molecular weight excluding hydrogens is 172 g/mol. The van der Waals surface area contributed by atoms with Gasteiger partial charge in [0, 0.05) is 5.56 Å². The van der Waals surface area contributed by atoms with Crippen LogP contribution in [0.25, 0.3) is 0 Å². The van der Waals surface area contributed by atoms with E-state index < -0.39 is 11.8 Å². The van der Waals surface area contributed by atoms with E-state index in [-0.39, 0.29) is 16.9 Å². The maximum atomic E-state index is 10.6. The number of rotatable bonds is 2. The van der Waals surface area contributed by atoms with Gasteiger partial charge in [0.2, 0.25) is 5.91 Å². The molecule has 5 N–H and O–H groups in total. The molecule has 0 saturated carbocycles. The first kappa shape index (κ1) is 9.05. The summed E-state index contributed by atoms with van der Waals surface area (Å²) in [5.74, 6) is -1.77. The maximum absolute atomic E-state index is 10.6. The Morgan fingerprint density at radius 1 is 1.15 bits per heavy atom. The lowest BCUT2D eigenvalue weighted by atomic mass is 10.1. The maximum Gasteiger partial charge on any atom is 0.252 e. The molecule has 0 atom stereocenters. The van der Waals surface area contributed by atoms with E-state index in [0.29, 0.717) is 0 Å². The van der Waals surface area contributed by atoms with Gasteiger partial charge in [-0.1, -0.05) is 0 Å². The number of hydrogen-bond donors (Lipinski definition) is 3. The van der Waals surface area contributed by atoms with Gasteiger partial charge in [-0.2, -0.15) is 0 Å². The number of aromatic hydroxyl groups is 1. The van der Waals surface area contributed by atoms with Gasteiger partial charge in [0.25, 0.3) is 5.91 Å². The van der Waals surface area contributed by atoms with Crippen LogP contribution in [0.15, 0.2) is 18.2 Å². The van der Waals surface area contributed by atoms with Crippen molar-refractivity contribution in [3.8, 4) is 5.75 Å². The highest BCUT2D eigenvalue weighted by Gasteiger charge is 2.09. The van der Waals surface area contributed by atoms with Gasteiger partial charge in [0.15, 0.2) is 0 Å². The van der Waals surface area contributed by atoms with E-state index in [1.54, 1.807) is 0 Å². The Morgan fingerprint density at radius 3 is 2.15 bits per heavy atom. The molecule has 13 heavy (non-hydrogen) atoms. The number of nitrogens with two attached hydrogens (primary N) is 2. The molecule has 0 aliphatic rings. The quantitative estimate of drug-likeness (QED) is 0.575. The summed E-state index contributed by atoms with van der Waals surface area (Å²) in [6.07, 6.45) is 0. The third-order valence-corrected chi connectivity index (χ3v) is 1.55. The molecule has 0 fully saturated rings. The average molecular weight is 180 g/mol. The lowest BCUT2D eigenvalue weighted by Gasteiger charge is -2.01. The molecule has 5 heteroatoms. The summed E-state index contributed by atoms with van der Waals surface area (Å²) < 4.78 is 0. The highest BCUT2D eigenvalue weighted by atomic mass is 16.3. The SMILES string of the molecule is NC(=O)c1ccc(C(N)=O)c(O)c1. The number of carbonyl (C=O) groups is 2. The van der Waals surface area contributed by atoms with E-state index in [1.165, 1.54) is 12.1 Å². The minimum absolute atomic E-state index is 0.0370. The number of amides is 2. The number of carbonyl (C=O) groups excluding carboxylic acids is 2. The normalized spacial score (nSPS) is 9.54. The average Bonchev–Trinajstić information content (AvgIpc) is 2.03. The Bertz CT molecular complexity index is 374. The van der Waals surface area contributed by atoms with Crippen LogP contribution in [0.2, 0.25) is 0 Å². The molecule has 0 aliphatic heterocycles. The number of primary amides is 2. The second-order valence-electron chi connectivity index (χ2n) is 2.46. The van der Waals surface area contributed by atoms with Crippen molar-refractivity contribution in [1.82, 2.24) is 0 Å². The van der Waals surface area contributed by atoms with Crippen LogP contribution in [0.5, 0.6) is 5.75 Å². The zero-order chi connectivity index (χ0) is 10.0. The van der Waals surface area contributed by atoms with Gasteiger partial charge in [0.05, 0.1) is 5.56 Å². The first-order chi connectivity index (χ1) is 6.02. The van der Waals surface area contributed by atoms with Crippen LogP contribution in [0.1, 0.15) is 20.7 Å². The Morgan fingerprint density at radius 2 is 1.77 bits per heavy atom. The number of phenols is 1. The van der Waals surface area contributed by atoms with Crippen LogP contribution in [0.3, 0.4) is 0 Å². The molecule has 1 aromatic carbocycles. The summed E-state index contributed by atoms with van der Waals surface area (Å²) in [6, 6.07) is 3.67. The molecule has 2 amide bonds. The molecule has 1 aromatic rings. The highest BCUT2D eigenvalue weighted by Crippen LogP contribution is 2.17. The van der Waals surface area contributed by atoms with Crippen molar-refractivity contribution in [1.29, 1.82) is 0 Å². The van der Waals surface area contributed by atoms with E-state index in [9.17, 15) is 14.7 Å². The molecule has 1 rings (SSSR count). The minimum Gasteiger partial charge on any atom is -0.507 e. The summed E-state index contributed by atoms with van der Waals surface area (Å²) in [6.45, 7) is 0. The molecule has 5 nitrogen and oxygen atoms in total. The Labute approximate surface area is 74.0 Å². The lowest BCUT2D eigenvalue weighted by Crippen LogP contribution is -2.14. The molecule has 0 heterocycles. The van der Waals surface area contributed by atoms with Crippen molar-refractivity contribution in [2.24, 2.45) is 11.5 Å². The topological polar surface area (TPSA) is 106 Å². The van der Waals surface area contributed by atoms with Crippen LogP contribution >= 0.6 is 0 Å². The highest BCUT2D eigenvalue weighted by molar-refractivity contribution is 5.98. The first-order valence-electron chi connectivity index (χ1n) is 3.45. The third-order valence-electron chi connectivity index (χ3n) is 1.55. The van der Waals surface area contributed by atoms with E-state index >= 15 is 0 Å². The zero-order valence-electron chi connectivity index (χ0n) is 6.65. The summed E-state index contributed by atoms with van der Waals surface area (Å²) >= 11 is 0. The second-order valence-corrected chi connectivity index (χ2v) is 2.46. The second kappa shape index (κ2) is 3.14. The van der Waals surface area contributed by atoms with Crippen LogP contribution in [-0.4, -0.2) is 16.9 Å². The molecule has 68 valence electrons. The standard InChI is InChI=1S/C8H8N2O3/c9-7(12)4-1-2-5(8(10)13)6(11)3-4/h1-3,11H,(H2,9,12)(H2,10,13). The van der Waals surface area contributed by atoms with Crippen molar-refractivity contribution in [2.75, 3.05) is 0 Å². The van der Waals surface area contributed by atoms with E-state index in [1.807, 2.05) is 0 Å². The van der Waals surface area contributed by atoms with Gasteiger partial charge in [-0.25, -0.2) is 0 Å². The molecule has 0 unspecified atom stereocenters. The Hall–Kier alpha value is -2.04. The van der Waals surface area contributed by atoms with Crippen molar-refractivity contribution in [2.45, 2.75) is 0 Å². The predicted molar refractivity (Wildman–Crippen MR) is 45.1 cm³/mol. The molecule has 0 radical (unpaired) electrons. The fraction of sp³-hybridized carbons (Fsp3) is 0. The summed E-state index contributed by atoms with van der Waals surface area (Å²) in [5.41, 5.74) is 9.96. The monoisotopic (exact) mass is 180 g/mol. The van der Waals surface area contributed by atoms with Crippen molar-refractivity contribution < 1.29 is 14.7 Å². The smallest absolute Gasteiger partial charge is 0.252 e. The summed E-state index contributed by atoms with van der Waals surface area (Å²) in [7, 11) is 0. The summed E-state index contributed by atoms with van der Waals surface area (Å²) in [4.78, 5) is 21.3. The van der Waals surface area contributed by atoms with E-state index in [2.05, 4.69) is 0 Å².